The molecule has 170 valence electrons. The summed E-state index contributed by atoms with van der Waals surface area (Å²) in [4.78, 5) is 41.4. The van der Waals surface area contributed by atoms with E-state index in [4.69, 9.17) is 9.84 Å². The lowest BCUT2D eigenvalue weighted by Gasteiger charge is -2.35. The zero-order chi connectivity index (χ0) is 21.9. The topological polar surface area (TPSA) is 95.9 Å². The van der Waals surface area contributed by atoms with Crippen LogP contribution in [0.1, 0.15) is 52.4 Å². The van der Waals surface area contributed by atoms with Crippen LogP contribution in [0.25, 0.3) is 0 Å². The largest absolute Gasteiger partial charge is 0.466 e. The molecule has 0 aromatic rings. The summed E-state index contributed by atoms with van der Waals surface area (Å²) < 4.78 is 4.71. The fraction of sp³-hybridized carbons (Fsp3) is 0.857. The SMILES string of the molecule is CCCCCNC(=O)C1N(CCCCO)C(=O)[C@@H]2[C@H](C(=O)OCC)[C@H]3SC12CC3Br. The summed E-state index contributed by atoms with van der Waals surface area (Å²) in [7, 11) is 0. The van der Waals surface area contributed by atoms with Crippen molar-refractivity contribution in [1.82, 2.24) is 10.2 Å². The van der Waals surface area contributed by atoms with E-state index in [0.29, 0.717) is 32.4 Å². The quantitative estimate of drug-likeness (QED) is 0.254. The summed E-state index contributed by atoms with van der Waals surface area (Å²) in [6.45, 7) is 5.22. The molecule has 3 unspecified atom stereocenters. The van der Waals surface area contributed by atoms with E-state index in [2.05, 4.69) is 28.2 Å². The number of thioether (sulfide) groups is 1. The average molecular weight is 505 g/mol. The zero-order valence-corrected chi connectivity index (χ0v) is 20.2. The summed E-state index contributed by atoms with van der Waals surface area (Å²) in [6.07, 6.45) is 4.90. The van der Waals surface area contributed by atoms with Crippen LogP contribution in [0.5, 0.6) is 0 Å². The molecule has 0 saturated carbocycles. The fourth-order valence-corrected chi connectivity index (χ4v) is 8.86. The molecule has 3 heterocycles. The van der Waals surface area contributed by atoms with E-state index < -0.39 is 22.6 Å². The first-order chi connectivity index (χ1) is 14.4. The maximum atomic E-state index is 13.5. The highest BCUT2D eigenvalue weighted by Gasteiger charge is 2.75. The number of nitrogens with one attached hydrogen (secondary N) is 1. The first kappa shape index (κ1) is 23.9. The van der Waals surface area contributed by atoms with Crippen LogP contribution in [0, 0.1) is 11.8 Å². The first-order valence-electron chi connectivity index (χ1n) is 11.1. The average Bonchev–Trinajstić information content (AvgIpc) is 3.29. The molecule has 1 spiro atoms. The van der Waals surface area contributed by atoms with Crippen LogP contribution in [-0.4, -0.2) is 75.0 Å². The van der Waals surface area contributed by atoms with Crippen LogP contribution in [0.3, 0.4) is 0 Å². The highest BCUT2D eigenvalue weighted by atomic mass is 79.9. The number of rotatable bonds is 11. The summed E-state index contributed by atoms with van der Waals surface area (Å²) in [5, 5.41) is 12.2. The summed E-state index contributed by atoms with van der Waals surface area (Å²) in [5.74, 6) is -1.63. The highest BCUT2D eigenvalue weighted by molar-refractivity contribution is 9.09. The molecule has 3 fully saturated rings. The van der Waals surface area contributed by atoms with Gasteiger partial charge < -0.3 is 20.1 Å². The van der Waals surface area contributed by atoms with Crippen LogP contribution in [-0.2, 0) is 19.1 Å². The van der Waals surface area contributed by atoms with Crippen molar-refractivity contribution in [1.29, 1.82) is 0 Å². The van der Waals surface area contributed by atoms with E-state index in [1.165, 1.54) is 0 Å². The number of alkyl halides is 1. The Morgan fingerprint density at radius 3 is 2.73 bits per heavy atom. The monoisotopic (exact) mass is 504 g/mol. The van der Waals surface area contributed by atoms with Crippen LogP contribution < -0.4 is 5.32 Å². The molecule has 3 aliphatic heterocycles. The third-order valence-electron chi connectivity index (χ3n) is 6.48. The number of aliphatic hydroxyl groups excluding tert-OH is 1. The molecule has 7 nitrogen and oxygen atoms in total. The molecule has 9 heteroatoms. The number of amides is 2. The molecule has 0 aliphatic carbocycles. The van der Waals surface area contributed by atoms with Crippen molar-refractivity contribution >= 4 is 45.5 Å². The van der Waals surface area contributed by atoms with E-state index in [1.807, 2.05) is 0 Å². The lowest BCUT2D eigenvalue weighted by molar-refractivity contribution is -0.153. The fourth-order valence-electron chi connectivity index (χ4n) is 5.26. The van der Waals surface area contributed by atoms with Gasteiger partial charge in [-0.1, -0.05) is 35.7 Å². The van der Waals surface area contributed by atoms with E-state index in [1.54, 1.807) is 23.6 Å². The Kier molecular flexibility index (Phi) is 8.12. The molecule has 0 radical (unpaired) electrons. The number of nitrogens with zero attached hydrogens (tertiary/aromatic N) is 1. The van der Waals surface area contributed by atoms with Crippen LogP contribution in [0.2, 0.25) is 0 Å². The number of carbonyl (C=O) groups is 3. The van der Waals surface area contributed by atoms with Crippen molar-refractivity contribution in [3.63, 3.8) is 0 Å². The van der Waals surface area contributed by atoms with Crippen molar-refractivity contribution in [3.05, 3.63) is 0 Å². The Labute approximate surface area is 191 Å². The van der Waals surface area contributed by atoms with Crippen LogP contribution in [0.15, 0.2) is 0 Å². The zero-order valence-electron chi connectivity index (χ0n) is 17.8. The van der Waals surface area contributed by atoms with Crippen molar-refractivity contribution < 1.29 is 24.2 Å². The highest BCUT2D eigenvalue weighted by Crippen LogP contribution is 2.67. The van der Waals surface area contributed by atoms with Gasteiger partial charge in [0.05, 0.1) is 23.2 Å². The predicted molar refractivity (Wildman–Crippen MR) is 119 cm³/mol. The number of likely N-dealkylation sites (tertiary alicyclic amines) is 1. The minimum atomic E-state index is -0.610. The molecule has 6 atom stereocenters. The van der Waals surface area contributed by atoms with Crippen LogP contribution in [0.4, 0.5) is 0 Å². The molecule has 0 aromatic heterocycles. The van der Waals surface area contributed by atoms with Crippen LogP contribution >= 0.6 is 27.7 Å². The number of aliphatic hydroxyl groups is 1. The van der Waals surface area contributed by atoms with Gasteiger partial charge in [-0.25, -0.2) is 0 Å². The molecule has 3 rings (SSSR count). The Morgan fingerprint density at radius 2 is 2.07 bits per heavy atom. The normalized spacial score (nSPS) is 34.3. The molecule has 2 amide bonds. The number of unbranched alkanes of at least 4 members (excludes halogenated alkanes) is 3. The number of hydrogen-bond acceptors (Lipinski definition) is 6. The van der Waals surface area contributed by atoms with Gasteiger partial charge >= 0.3 is 5.97 Å². The molecule has 2 bridgehead atoms. The molecule has 3 saturated heterocycles. The third-order valence-corrected chi connectivity index (χ3v) is 9.70. The number of esters is 1. The van der Waals surface area contributed by atoms with Gasteiger partial charge in [-0.05, 0) is 32.6 Å². The van der Waals surface area contributed by atoms with E-state index in [9.17, 15) is 14.4 Å². The lowest BCUT2D eigenvalue weighted by atomic mass is 9.71. The summed E-state index contributed by atoms with van der Waals surface area (Å²) >= 11 is 5.34. The van der Waals surface area contributed by atoms with E-state index >= 15 is 0 Å². The lowest BCUT2D eigenvalue weighted by Crippen LogP contribution is -2.54. The van der Waals surface area contributed by atoms with Crippen molar-refractivity contribution in [3.8, 4) is 0 Å². The van der Waals surface area contributed by atoms with Gasteiger partial charge in [-0.2, -0.15) is 0 Å². The van der Waals surface area contributed by atoms with Crippen molar-refractivity contribution in [2.75, 3.05) is 26.3 Å². The van der Waals surface area contributed by atoms with Gasteiger partial charge in [0.1, 0.15) is 6.04 Å². The van der Waals surface area contributed by atoms with Crippen molar-refractivity contribution in [2.45, 2.75) is 73.2 Å². The number of carbonyl (C=O) groups excluding carboxylic acids is 3. The Bertz CT molecular complexity index is 665. The van der Waals surface area contributed by atoms with Gasteiger partial charge in [-0.3, -0.25) is 14.4 Å². The molecular weight excluding hydrogens is 472 g/mol. The smallest absolute Gasteiger partial charge is 0.310 e. The Morgan fingerprint density at radius 1 is 1.30 bits per heavy atom. The number of fused-ring (bicyclic) bond motifs is 1. The second-order valence-electron chi connectivity index (χ2n) is 8.38. The summed E-state index contributed by atoms with van der Waals surface area (Å²) in [5.41, 5.74) is 0. The minimum Gasteiger partial charge on any atom is -0.466 e. The van der Waals surface area contributed by atoms with E-state index in [0.717, 1.165) is 19.3 Å². The van der Waals surface area contributed by atoms with Gasteiger partial charge in [0, 0.05) is 29.8 Å². The third kappa shape index (κ3) is 4.13. The van der Waals surface area contributed by atoms with Crippen molar-refractivity contribution in [2.24, 2.45) is 11.8 Å². The maximum Gasteiger partial charge on any atom is 0.310 e. The second kappa shape index (κ2) is 10.2. The second-order valence-corrected chi connectivity index (χ2v) is 11.1. The Hall–Kier alpha value is -0.800. The standard InChI is InChI=1S/C21H33BrN2O5S/c1-3-5-6-9-23-18(26)17-21-12-13(22)16(30-21)14(20(28)29-4-2)15(21)19(27)24(17)10-7-8-11-25/h13-17,25H,3-12H2,1-2H3,(H,23,26)/t13?,14-,15-,16-,17?,21?/m0/s1. The molecule has 0 aromatic carbocycles. The number of hydrogen-bond donors (Lipinski definition) is 2. The molecule has 2 N–H and O–H groups in total. The molecular formula is C21H33BrN2O5S. The maximum absolute atomic E-state index is 13.5. The van der Waals surface area contributed by atoms with E-state index in [-0.39, 0.29) is 41.1 Å². The van der Waals surface area contributed by atoms with Gasteiger partial charge in [0.2, 0.25) is 11.8 Å². The predicted octanol–water partition coefficient (Wildman–Crippen LogP) is 2.09. The minimum absolute atomic E-state index is 0.0518. The van der Waals surface area contributed by atoms with Gasteiger partial charge in [-0.15, -0.1) is 11.8 Å². The Balaban J connectivity index is 1.89. The number of ether oxygens (including phenoxy) is 1. The number of halogens is 1. The summed E-state index contributed by atoms with van der Waals surface area (Å²) in [6, 6.07) is -0.593. The first-order valence-corrected chi connectivity index (χ1v) is 12.9. The molecule has 3 aliphatic rings. The van der Waals surface area contributed by atoms with Gasteiger partial charge in [0.25, 0.3) is 0 Å². The van der Waals surface area contributed by atoms with Gasteiger partial charge in [0.15, 0.2) is 0 Å². The molecule has 30 heavy (non-hydrogen) atoms.